The van der Waals surface area contributed by atoms with Gasteiger partial charge in [-0.1, -0.05) is 19.9 Å². The number of ether oxygens (including phenoxy) is 1. The number of anilines is 1. The number of nitrogens with one attached hydrogen (secondary N) is 2. The molecule has 2 N–H and O–H groups in total. The standard InChI is InChI=1S/C17H27N3O3S2/c1-4-20(5-2)25(21,22)15-9-8-13(3)16(11-15)19-17(24)18-12-14-7-6-10-23-14/h8-9,11,14H,4-7,10,12H2,1-3H3,(H2,18,19,24)/t14-/m1/s1. The summed E-state index contributed by atoms with van der Waals surface area (Å²) in [4.78, 5) is 0.270. The highest BCUT2D eigenvalue weighted by Crippen LogP contribution is 2.23. The number of hydrogen-bond acceptors (Lipinski definition) is 4. The molecule has 0 unspecified atom stereocenters. The molecule has 1 aliphatic heterocycles. The smallest absolute Gasteiger partial charge is 0.243 e. The monoisotopic (exact) mass is 385 g/mol. The summed E-state index contributed by atoms with van der Waals surface area (Å²) in [7, 11) is -3.49. The minimum atomic E-state index is -3.49. The predicted molar refractivity (Wildman–Crippen MR) is 104 cm³/mol. The number of hydrogen-bond donors (Lipinski definition) is 2. The third-order valence-electron chi connectivity index (χ3n) is 4.31. The zero-order valence-electron chi connectivity index (χ0n) is 15.0. The van der Waals surface area contributed by atoms with E-state index in [4.69, 9.17) is 17.0 Å². The van der Waals surface area contributed by atoms with E-state index in [1.54, 1.807) is 18.2 Å². The van der Waals surface area contributed by atoms with E-state index >= 15 is 0 Å². The van der Waals surface area contributed by atoms with Crippen molar-refractivity contribution in [1.82, 2.24) is 9.62 Å². The van der Waals surface area contributed by atoms with Crippen molar-refractivity contribution in [3.8, 4) is 0 Å². The summed E-state index contributed by atoms with van der Waals surface area (Å²) < 4.78 is 32.4. The Morgan fingerprint density at radius 2 is 2.08 bits per heavy atom. The first-order chi connectivity index (χ1) is 11.9. The van der Waals surface area contributed by atoms with Crippen LogP contribution in [0.2, 0.25) is 0 Å². The lowest BCUT2D eigenvalue weighted by molar-refractivity contribution is 0.114. The molecule has 8 heteroatoms. The van der Waals surface area contributed by atoms with Crippen molar-refractivity contribution in [3.63, 3.8) is 0 Å². The van der Waals surface area contributed by atoms with Crippen LogP contribution in [0.3, 0.4) is 0 Å². The molecular formula is C17H27N3O3S2. The molecule has 1 aromatic rings. The van der Waals surface area contributed by atoms with Crippen LogP contribution in [0.25, 0.3) is 0 Å². The maximum Gasteiger partial charge on any atom is 0.243 e. The molecule has 0 aliphatic carbocycles. The van der Waals surface area contributed by atoms with Crippen LogP contribution in [-0.4, -0.2) is 50.2 Å². The minimum absolute atomic E-state index is 0.190. The Hall–Kier alpha value is -1.22. The van der Waals surface area contributed by atoms with Gasteiger partial charge in [-0.25, -0.2) is 8.42 Å². The molecule has 1 heterocycles. The van der Waals surface area contributed by atoms with Gasteiger partial charge in [0.2, 0.25) is 10.0 Å². The van der Waals surface area contributed by atoms with Crippen molar-refractivity contribution in [3.05, 3.63) is 23.8 Å². The summed E-state index contributed by atoms with van der Waals surface area (Å²) in [5.74, 6) is 0. The lowest BCUT2D eigenvalue weighted by atomic mass is 10.2. The summed E-state index contributed by atoms with van der Waals surface area (Å²) in [5.41, 5.74) is 1.62. The molecule has 6 nitrogen and oxygen atoms in total. The third-order valence-corrected chi connectivity index (χ3v) is 6.61. The maximum atomic E-state index is 12.7. The Labute approximate surface area is 156 Å². The van der Waals surface area contributed by atoms with Gasteiger partial charge in [-0.05, 0) is 49.7 Å². The lowest BCUT2D eigenvalue weighted by Gasteiger charge is -2.20. The molecule has 1 fully saturated rings. The van der Waals surface area contributed by atoms with Crippen molar-refractivity contribution in [2.45, 2.75) is 44.6 Å². The molecule has 1 aromatic carbocycles. The molecule has 0 amide bonds. The molecular weight excluding hydrogens is 358 g/mol. The summed E-state index contributed by atoms with van der Waals surface area (Å²) in [5, 5.41) is 6.71. The summed E-state index contributed by atoms with van der Waals surface area (Å²) in [6.07, 6.45) is 2.30. The quantitative estimate of drug-likeness (QED) is 0.703. The highest BCUT2D eigenvalue weighted by Gasteiger charge is 2.22. The van der Waals surface area contributed by atoms with E-state index in [-0.39, 0.29) is 11.0 Å². The molecule has 1 aliphatic rings. The van der Waals surface area contributed by atoms with E-state index in [0.29, 0.717) is 30.4 Å². The van der Waals surface area contributed by atoms with Crippen LogP contribution >= 0.6 is 12.2 Å². The van der Waals surface area contributed by atoms with Gasteiger partial charge in [-0.2, -0.15) is 4.31 Å². The summed E-state index contributed by atoms with van der Waals surface area (Å²) in [6, 6.07) is 5.07. The molecule has 140 valence electrons. The molecule has 0 saturated carbocycles. The fourth-order valence-electron chi connectivity index (χ4n) is 2.79. The van der Waals surface area contributed by atoms with Gasteiger partial charge in [-0.15, -0.1) is 0 Å². The first kappa shape index (κ1) is 20.1. The number of rotatable bonds is 7. The normalized spacial score (nSPS) is 17.7. The van der Waals surface area contributed by atoms with Crippen molar-refractivity contribution < 1.29 is 13.2 Å². The fraction of sp³-hybridized carbons (Fsp3) is 0.588. The Morgan fingerprint density at radius 1 is 1.36 bits per heavy atom. The summed E-state index contributed by atoms with van der Waals surface area (Å²) >= 11 is 5.33. The Balaban J connectivity index is 2.09. The maximum absolute atomic E-state index is 12.7. The van der Waals surface area contributed by atoms with E-state index in [1.165, 1.54) is 4.31 Å². The van der Waals surface area contributed by atoms with Crippen LogP contribution in [0.5, 0.6) is 0 Å². The van der Waals surface area contributed by atoms with Gasteiger partial charge in [-0.3, -0.25) is 0 Å². The van der Waals surface area contributed by atoms with Crippen LogP contribution in [0.15, 0.2) is 23.1 Å². The second-order valence-electron chi connectivity index (χ2n) is 6.04. The van der Waals surface area contributed by atoms with Gasteiger partial charge in [0.05, 0.1) is 11.0 Å². The summed E-state index contributed by atoms with van der Waals surface area (Å²) in [6.45, 7) is 7.92. The van der Waals surface area contributed by atoms with Crippen LogP contribution in [-0.2, 0) is 14.8 Å². The lowest BCUT2D eigenvalue weighted by Crippen LogP contribution is -2.35. The fourth-order valence-corrected chi connectivity index (χ4v) is 4.47. The molecule has 0 spiro atoms. The van der Waals surface area contributed by atoms with Crippen LogP contribution < -0.4 is 10.6 Å². The topological polar surface area (TPSA) is 70.7 Å². The molecule has 2 rings (SSSR count). The van der Waals surface area contributed by atoms with Gasteiger partial charge >= 0.3 is 0 Å². The van der Waals surface area contributed by atoms with Crippen molar-refractivity contribution >= 4 is 33.0 Å². The number of nitrogens with zero attached hydrogens (tertiary/aromatic N) is 1. The molecule has 1 atom stereocenters. The average Bonchev–Trinajstić information content (AvgIpc) is 3.09. The van der Waals surface area contributed by atoms with Gasteiger partial charge in [0, 0.05) is 31.9 Å². The largest absolute Gasteiger partial charge is 0.376 e. The van der Waals surface area contributed by atoms with Crippen LogP contribution in [0.1, 0.15) is 32.3 Å². The van der Waals surface area contributed by atoms with Gasteiger partial charge < -0.3 is 15.4 Å². The SMILES string of the molecule is CCN(CC)S(=O)(=O)c1ccc(C)c(NC(=S)NC[C@H]2CCCO2)c1. The van der Waals surface area contributed by atoms with Gasteiger partial charge in [0.15, 0.2) is 5.11 Å². The number of thiocarbonyl (C=S) groups is 1. The molecule has 25 heavy (non-hydrogen) atoms. The molecule has 0 bridgehead atoms. The van der Waals surface area contributed by atoms with Crippen molar-refractivity contribution in [2.24, 2.45) is 0 Å². The van der Waals surface area contributed by atoms with E-state index in [1.807, 2.05) is 20.8 Å². The number of aryl methyl sites for hydroxylation is 1. The van der Waals surface area contributed by atoms with Crippen LogP contribution in [0.4, 0.5) is 5.69 Å². The number of benzene rings is 1. The Morgan fingerprint density at radius 3 is 2.68 bits per heavy atom. The Bertz CT molecular complexity index is 697. The zero-order chi connectivity index (χ0) is 18.4. The first-order valence-electron chi connectivity index (χ1n) is 8.65. The van der Waals surface area contributed by atoms with Crippen molar-refractivity contribution in [2.75, 3.05) is 31.6 Å². The third kappa shape index (κ3) is 5.13. The minimum Gasteiger partial charge on any atom is -0.376 e. The van der Waals surface area contributed by atoms with E-state index in [2.05, 4.69) is 10.6 Å². The number of sulfonamides is 1. The highest BCUT2D eigenvalue weighted by molar-refractivity contribution is 7.89. The molecule has 0 radical (unpaired) electrons. The highest BCUT2D eigenvalue weighted by atomic mass is 32.2. The molecule has 0 aromatic heterocycles. The predicted octanol–water partition coefficient (Wildman–Crippen LogP) is 2.49. The van der Waals surface area contributed by atoms with E-state index in [9.17, 15) is 8.42 Å². The molecule has 1 saturated heterocycles. The zero-order valence-corrected chi connectivity index (χ0v) is 16.7. The second kappa shape index (κ2) is 8.93. The first-order valence-corrected chi connectivity index (χ1v) is 10.5. The van der Waals surface area contributed by atoms with Crippen LogP contribution in [0, 0.1) is 6.92 Å². The average molecular weight is 386 g/mol. The van der Waals surface area contributed by atoms with E-state index < -0.39 is 10.0 Å². The van der Waals surface area contributed by atoms with Crippen molar-refractivity contribution in [1.29, 1.82) is 0 Å². The van der Waals surface area contributed by atoms with E-state index in [0.717, 1.165) is 25.0 Å². The second-order valence-corrected chi connectivity index (χ2v) is 8.38. The van der Waals surface area contributed by atoms with Gasteiger partial charge in [0.25, 0.3) is 0 Å². The Kier molecular flexibility index (Phi) is 7.18. The van der Waals surface area contributed by atoms with Gasteiger partial charge in [0.1, 0.15) is 0 Å².